The Labute approximate surface area is 249 Å². The van der Waals surface area contributed by atoms with E-state index in [1.165, 1.54) is 6.42 Å². The maximum absolute atomic E-state index is 13.5. The number of hydrogen-bond acceptors (Lipinski definition) is 7. The number of rotatable bonds is 7. The van der Waals surface area contributed by atoms with E-state index in [2.05, 4.69) is 25.8 Å². The van der Waals surface area contributed by atoms with Gasteiger partial charge in [-0.05, 0) is 107 Å². The van der Waals surface area contributed by atoms with Crippen LogP contribution in [0.2, 0.25) is 6.32 Å². The number of esters is 1. The lowest BCUT2D eigenvalue weighted by Gasteiger charge is -2.64. The van der Waals surface area contributed by atoms with E-state index in [0.29, 0.717) is 60.0 Å². The summed E-state index contributed by atoms with van der Waals surface area (Å²) < 4.78 is 25.2. The van der Waals surface area contributed by atoms with Gasteiger partial charge in [0.25, 0.3) is 5.91 Å². The minimum Gasteiger partial charge on any atom is -0.486 e. The molecule has 2 aromatic rings. The van der Waals surface area contributed by atoms with Crippen molar-refractivity contribution in [1.82, 2.24) is 9.88 Å². The van der Waals surface area contributed by atoms with Crippen LogP contribution in [0.5, 0.6) is 5.75 Å². The number of aryl methyl sites for hydroxylation is 1. The molecule has 3 saturated carbocycles. The van der Waals surface area contributed by atoms with Crippen molar-refractivity contribution in [2.75, 3.05) is 13.1 Å². The lowest BCUT2D eigenvalue weighted by molar-refractivity contribution is -0.199. The zero-order chi connectivity index (χ0) is 30.0. The Bertz CT molecular complexity index is 1370. The summed E-state index contributed by atoms with van der Waals surface area (Å²) in [6.45, 7) is 15.4. The van der Waals surface area contributed by atoms with E-state index in [4.69, 9.17) is 18.8 Å². The van der Waals surface area contributed by atoms with Gasteiger partial charge in [0.2, 0.25) is 0 Å². The van der Waals surface area contributed by atoms with Crippen LogP contribution < -0.4 is 4.74 Å². The second-order valence-corrected chi connectivity index (χ2v) is 14.4. The van der Waals surface area contributed by atoms with Gasteiger partial charge in [-0.3, -0.25) is 9.78 Å². The van der Waals surface area contributed by atoms with E-state index >= 15 is 0 Å². The Kier molecular flexibility index (Phi) is 7.21. The number of carbonyl (C=O) groups is 2. The van der Waals surface area contributed by atoms with Crippen LogP contribution in [0.25, 0.3) is 0 Å². The van der Waals surface area contributed by atoms with E-state index < -0.39 is 11.6 Å². The fraction of sp³-hybridized carbons (Fsp3) is 0.606. The normalized spacial score (nSPS) is 28.0. The first-order valence-electron chi connectivity index (χ1n) is 15.3. The highest BCUT2D eigenvalue weighted by atomic mass is 16.7. The summed E-state index contributed by atoms with van der Waals surface area (Å²) >= 11 is 0. The van der Waals surface area contributed by atoms with Crippen LogP contribution in [-0.4, -0.2) is 65.4 Å². The summed E-state index contributed by atoms with van der Waals surface area (Å²) in [5.41, 5.74) is 2.31. The molecule has 2 bridgehead atoms. The molecule has 8 nitrogen and oxygen atoms in total. The first-order chi connectivity index (χ1) is 19.8. The van der Waals surface area contributed by atoms with Gasteiger partial charge in [0.05, 0.1) is 30.4 Å². The smallest absolute Gasteiger partial charge is 0.457 e. The predicted octanol–water partition coefficient (Wildman–Crippen LogP) is 5.52. The maximum atomic E-state index is 13.5. The van der Waals surface area contributed by atoms with Crippen molar-refractivity contribution in [3.63, 3.8) is 0 Å². The summed E-state index contributed by atoms with van der Waals surface area (Å²) in [4.78, 5) is 31.9. The zero-order valence-electron chi connectivity index (χ0n) is 25.9. The Morgan fingerprint density at radius 2 is 1.90 bits per heavy atom. The van der Waals surface area contributed by atoms with Gasteiger partial charge in [0.1, 0.15) is 23.0 Å². The molecule has 1 aromatic heterocycles. The molecule has 2 aliphatic heterocycles. The van der Waals surface area contributed by atoms with Gasteiger partial charge < -0.3 is 23.7 Å². The summed E-state index contributed by atoms with van der Waals surface area (Å²) in [5, 5.41) is 0. The molecular weight excluding hydrogens is 531 g/mol. The summed E-state index contributed by atoms with van der Waals surface area (Å²) in [6, 6.07) is 7.40. The van der Waals surface area contributed by atoms with Gasteiger partial charge in [0.15, 0.2) is 0 Å². The third-order valence-electron chi connectivity index (χ3n) is 10.1. The summed E-state index contributed by atoms with van der Waals surface area (Å²) in [7, 11) is -0.256. The van der Waals surface area contributed by atoms with Crippen LogP contribution in [0.1, 0.15) is 86.2 Å². The van der Waals surface area contributed by atoms with E-state index in [1.54, 1.807) is 29.4 Å². The number of likely N-dealkylation sites (tertiary alicyclic amines) is 1. The first kappa shape index (κ1) is 29.2. The molecule has 0 radical (unpaired) electrons. The number of hydrogen-bond donors (Lipinski definition) is 0. The quantitative estimate of drug-likeness (QED) is 0.318. The third kappa shape index (κ3) is 5.13. The van der Waals surface area contributed by atoms with E-state index in [-0.39, 0.29) is 30.8 Å². The van der Waals surface area contributed by atoms with Gasteiger partial charge in [-0.1, -0.05) is 19.9 Å². The molecule has 3 heterocycles. The number of amides is 1. The SMILES string of the molecule is Cc1c(CCB2O[C@@H]3C[C@@H]4C[C@@H](C4(C)C)[C@]3(C)O2)ccc(OC2CN(C(=O)c3cccnc3)C2)c1C(=O)OC(C)(C)C. The maximum Gasteiger partial charge on any atom is 0.457 e. The van der Waals surface area contributed by atoms with Crippen molar-refractivity contribution in [1.29, 1.82) is 0 Å². The number of nitrogens with zero attached hydrogens (tertiary/aromatic N) is 2. The molecule has 1 amide bonds. The molecule has 5 fully saturated rings. The van der Waals surface area contributed by atoms with Crippen LogP contribution in [0.4, 0.5) is 0 Å². The second-order valence-electron chi connectivity index (χ2n) is 14.4. The van der Waals surface area contributed by atoms with Crippen LogP contribution in [0, 0.1) is 24.2 Å². The van der Waals surface area contributed by atoms with Crippen LogP contribution in [0.3, 0.4) is 0 Å². The second kappa shape index (κ2) is 10.4. The molecule has 42 heavy (non-hydrogen) atoms. The van der Waals surface area contributed by atoms with E-state index in [1.807, 2.05) is 39.8 Å². The topological polar surface area (TPSA) is 87.2 Å². The monoisotopic (exact) mass is 574 g/mol. The Morgan fingerprint density at radius 3 is 2.57 bits per heavy atom. The van der Waals surface area contributed by atoms with Crippen molar-refractivity contribution < 1.29 is 28.4 Å². The molecule has 2 saturated heterocycles. The highest BCUT2D eigenvalue weighted by Crippen LogP contribution is 2.65. The minimum absolute atomic E-state index is 0.0762. The Balaban J connectivity index is 1.14. The molecule has 224 valence electrons. The molecule has 5 aliphatic rings. The largest absolute Gasteiger partial charge is 0.486 e. The van der Waals surface area contributed by atoms with Gasteiger partial charge in [-0.2, -0.15) is 0 Å². The van der Waals surface area contributed by atoms with Gasteiger partial charge >= 0.3 is 13.1 Å². The van der Waals surface area contributed by atoms with Crippen LogP contribution in [0.15, 0.2) is 36.7 Å². The zero-order valence-corrected chi connectivity index (χ0v) is 25.9. The van der Waals surface area contributed by atoms with Crippen LogP contribution in [-0.2, 0) is 20.5 Å². The molecule has 1 aromatic carbocycles. The van der Waals surface area contributed by atoms with E-state index in [9.17, 15) is 9.59 Å². The fourth-order valence-electron chi connectivity index (χ4n) is 7.56. The highest BCUT2D eigenvalue weighted by molar-refractivity contribution is 6.45. The summed E-state index contributed by atoms with van der Waals surface area (Å²) in [6.07, 6.45) is 6.88. The molecule has 7 rings (SSSR count). The minimum atomic E-state index is -0.647. The van der Waals surface area contributed by atoms with Gasteiger partial charge in [-0.15, -0.1) is 0 Å². The van der Waals surface area contributed by atoms with E-state index in [0.717, 1.165) is 17.5 Å². The first-order valence-corrected chi connectivity index (χ1v) is 15.3. The average Bonchev–Trinajstić information content (AvgIpc) is 3.25. The van der Waals surface area contributed by atoms with Crippen molar-refractivity contribution >= 4 is 19.0 Å². The molecule has 3 aliphatic carbocycles. The number of aromatic nitrogens is 1. The summed E-state index contributed by atoms with van der Waals surface area (Å²) in [5.74, 6) is 1.24. The molecule has 4 atom stereocenters. The lowest BCUT2D eigenvalue weighted by Crippen LogP contribution is -2.65. The Hall–Kier alpha value is -2.91. The average molecular weight is 575 g/mol. The number of carbonyl (C=O) groups excluding carboxylic acids is 2. The van der Waals surface area contributed by atoms with Crippen molar-refractivity contribution in [3.05, 3.63) is 58.9 Å². The molecule has 0 spiro atoms. The molecule has 9 heteroatoms. The fourth-order valence-corrected chi connectivity index (χ4v) is 7.56. The van der Waals surface area contributed by atoms with Crippen LogP contribution >= 0.6 is 0 Å². The third-order valence-corrected chi connectivity index (χ3v) is 10.1. The molecular formula is C33H43BN2O6. The Morgan fingerprint density at radius 1 is 1.14 bits per heavy atom. The standard InChI is InChI=1S/C33H43BN2O6/c1-20-21(12-13-34-41-27-16-23-15-26(32(23,5)6)33(27,7)42-34)10-11-25(28(20)30(38)40-31(2,3)4)39-24-18-36(19-24)29(37)22-9-8-14-35-17-22/h8-11,14,17,23-24,26-27H,12-13,15-16,18-19H2,1-7H3/t23-,26-,27+,33-/m0/s1. The highest BCUT2D eigenvalue weighted by Gasteiger charge is 2.67. The predicted molar refractivity (Wildman–Crippen MR) is 160 cm³/mol. The van der Waals surface area contributed by atoms with Crippen molar-refractivity contribution in [2.24, 2.45) is 17.3 Å². The van der Waals surface area contributed by atoms with Crippen molar-refractivity contribution in [3.8, 4) is 5.75 Å². The van der Waals surface area contributed by atoms with Gasteiger partial charge in [-0.25, -0.2) is 4.79 Å². The van der Waals surface area contributed by atoms with Gasteiger partial charge in [0, 0.05) is 12.4 Å². The molecule has 0 N–H and O–H groups in total. The number of ether oxygens (including phenoxy) is 2. The number of benzene rings is 1. The number of pyridine rings is 1. The van der Waals surface area contributed by atoms with Crippen molar-refractivity contribution in [2.45, 2.75) is 97.5 Å². The lowest BCUT2D eigenvalue weighted by atomic mass is 9.43. The molecule has 0 unspecified atom stereocenters.